The van der Waals surface area contributed by atoms with Gasteiger partial charge in [0.2, 0.25) is 0 Å². The second-order valence-corrected chi connectivity index (χ2v) is 5.52. The van der Waals surface area contributed by atoms with E-state index in [1.165, 1.54) is 23.1 Å². The van der Waals surface area contributed by atoms with Crippen LogP contribution in [0.1, 0.15) is 21.6 Å². The Labute approximate surface area is 126 Å². The maximum Gasteiger partial charge on any atom is 0.260 e. The maximum atomic E-state index is 12.0. The van der Waals surface area contributed by atoms with Crippen molar-refractivity contribution in [2.45, 2.75) is 6.42 Å². The number of aryl methyl sites for hydroxylation is 1. The zero-order valence-corrected chi connectivity index (χ0v) is 12.3. The standard InChI is InChI=1S/C15H14N4OS/c1-19-9-12(8-16-19)14(20)18-15-17-13(10-21-15)7-11-5-3-2-4-6-11/h2-6,8-10H,7H2,1H3,(H,17,18,20). The number of carbonyl (C=O) groups is 1. The van der Waals surface area contributed by atoms with Crippen molar-refractivity contribution in [3.8, 4) is 0 Å². The van der Waals surface area contributed by atoms with Crippen LogP contribution >= 0.6 is 11.3 Å². The molecule has 0 atom stereocenters. The van der Waals surface area contributed by atoms with E-state index >= 15 is 0 Å². The SMILES string of the molecule is Cn1cc(C(=O)Nc2nc(Cc3ccccc3)cs2)cn1. The van der Waals surface area contributed by atoms with Crippen molar-refractivity contribution in [1.29, 1.82) is 0 Å². The molecule has 3 aromatic rings. The molecule has 6 heteroatoms. The third-order valence-electron chi connectivity index (χ3n) is 2.97. The molecule has 0 saturated carbocycles. The first-order valence-electron chi connectivity index (χ1n) is 6.49. The summed E-state index contributed by atoms with van der Waals surface area (Å²) in [5.41, 5.74) is 2.68. The van der Waals surface area contributed by atoms with Crippen molar-refractivity contribution in [1.82, 2.24) is 14.8 Å². The molecule has 1 aromatic carbocycles. The number of anilines is 1. The summed E-state index contributed by atoms with van der Waals surface area (Å²) in [7, 11) is 1.78. The van der Waals surface area contributed by atoms with Crippen LogP contribution in [0.25, 0.3) is 0 Å². The number of amides is 1. The number of rotatable bonds is 4. The highest BCUT2D eigenvalue weighted by Gasteiger charge is 2.10. The second kappa shape index (κ2) is 5.88. The maximum absolute atomic E-state index is 12.0. The molecule has 1 amide bonds. The number of hydrogen-bond donors (Lipinski definition) is 1. The molecule has 0 fully saturated rings. The largest absolute Gasteiger partial charge is 0.298 e. The molecule has 0 aliphatic heterocycles. The predicted molar refractivity (Wildman–Crippen MR) is 82.5 cm³/mol. The molecular formula is C15H14N4OS. The molecule has 0 saturated heterocycles. The lowest BCUT2D eigenvalue weighted by Crippen LogP contribution is -2.10. The van der Waals surface area contributed by atoms with Crippen molar-refractivity contribution < 1.29 is 4.79 Å². The number of nitrogens with one attached hydrogen (secondary N) is 1. The Balaban J connectivity index is 1.66. The van der Waals surface area contributed by atoms with Gasteiger partial charge in [-0.25, -0.2) is 4.98 Å². The number of carbonyl (C=O) groups excluding carboxylic acids is 1. The molecule has 0 bridgehead atoms. The number of hydrogen-bond acceptors (Lipinski definition) is 4. The zero-order valence-electron chi connectivity index (χ0n) is 11.5. The van der Waals surface area contributed by atoms with Gasteiger partial charge < -0.3 is 0 Å². The van der Waals surface area contributed by atoms with E-state index in [0.29, 0.717) is 10.7 Å². The summed E-state index contributed by atoms with van der Waals surface area (Å²) in [6, 6.07) is 10.1. The number of nitrogens with zero attached hydrogens (tertiary/aromatic N) is 3. The average molecular weight is 298 g/mol. The fourth-order valence-corrected chi connectivity index (χ4v) is 2.66. The minimum absolute atomic E-state index is 0.191. The molecule has 2 aromatic heterocycles. The van der Waals surface area contributed by atoms with Crippen LogP contribution in [0.15, 0.2) is 48.1 Å². The molecule has 5 nitrogen and oxygen atoms in total. The molecule has 1 N–H and O–H groups in total. The van der Waals surface area contributed by atoms with Crippen LogP contribution in [0, 0.1) is 0 Å². The van der Waals surface area contributed by atoms with Crippen LogP contribution in [-0.4, -0.2) is 20.7 Å². The Bertz CT molecular complexity index is 748. The summed E-state index contributed by atoms with van der Waals surface area (Å²) < 4.78 is 1.59. The van der Waals surface area contributed by atoms with Crippen molar-refractivity contribution >= 4 is 22.4 Å². The van der Waals surface area contributed by atoms with Crippen LogP contribution in [0.2, 0.25) is 0 Å². The quantitative estimate of drug-likeness (QED) is 0.805. The third-order valence-corrected chi connectivity index (χ3v) is 3.77. The van der Waals surface area contributed by atoms with Crippen molar-refractivity contribution in [3.05, 3.63) is 64.9 Å². The Hall–Kier alpha value is -2.47. The number of aromatic nitrogens is 3. The average Bonchev–Trinajstić information content (AvgIpc) is 3.09. The van der Waals surface area contributed by atoms with Gasteiger partial charge in [-0.3, -0.25) is 14.8 Å². The van der Waals surface area contributed by atoms with Gasteiger partial charge in [0, 0.05) is 25.0 Å². The minimum Gasteiger partial charge on any atom is -0.298 e. The fraction of sp³-hybridized carbons (Fsp3) is 0.133. The molecule has 0 unspecified atom stereocenters. The van der Waals surface area contributed by atoms with Gasteiger partial charge in [0.05, 0.1) is 17.5 Å². The smallest absolute Gasteiger partial charge is 0.260 e. The lowest BCUT2D eigenvalue weighted by molar-refractivity contribution is 0.102. The Morgan fingerprint density at radius 3 is 2.86 bits per heavy atom. The minimum atomic E-state index is -0.191. The second-order valence-electron chi connectivity index (χ2n) is 4.66. The van der Waals surface area contributed by atoms with Gasteiger partial charge in [-0.1, -0.05) is 30.3 Å². The highest BCUT2D eigenvalue weighted by molar-refractivity contribution is 7.14. The fourth-order valence-electron chi connectivity index (χ4n) is 1.96. The molecule has 106 valence electrons. The first-order valence-corrected chi connectivity index (χ1v) is 7.37. The van der Waals surface area contributed by atoms with Gasteiger partial charge in [-0.2, -0.15) is 5.10 Å². The lowest BCUT2D eigenvalue weighted by atomic mass is 10.1. The van der Waals surface area contributed by atoms with E-state index in [-0.39, 0.29) is 5.91 Å². The monoisotopic (exact) mass is 298 g/mol. The molecule has 21 heavy (non-hydrogen) atoms. The van der Waals surface area contributed by atoms with Crippen molar-refractivity contribution in [3.63, 3.8) is 0 Å². The first kappa shape index (κ1) is 13.5. The highest BCUT2D eigenvalue weighted by Crippen LogP contribution is 2.18. The van der Waals surface area contributed by atoms with Crippen LogP contribution in [-0.2, 0) is 13.5 Å². The molecule has 0 aliphatic carbocycles. The van der Waals surface area contributed by atoms with E-state index < -0.39 is 0 Å². The van der Waals surface area contributed by atoms with E-state index in [1.807, 2.05) is 23.6 Å². The summed E-state index contributed by atoms with van der Waals surface area (Å²) in [6.45, 7) is 0. The van der Waals surface area contributed by atoms with Gasteiger partial charge in [0.1, 0.15) is 0 Å². The van der Waals surface area contributed by atoms with E-state index in [2.05, 4.69) is 27.5 Å². The molecular weight excluding hydrogens is 284 g/mol. The van der Waals surface area contributed by atoms with Crippen LogP contribution < -0.4 is 5.32 Å². The Kier molecular flexibility index (Phi) is 3.79. The summed E-state index contributed by atoms with van der Waals surface area (Å²) in [5.74, 6) is -0.191. The van der Waals surface area contributed by atoms with Crippen molar-refractivity contribution in [2.75, 3.05) is 5.32 Å². The highest BCUT2D eigenvalue weighted by atomic mass is 32.1. The Morgan fingerprint density at radius 2 is 2.14 bits per heavy atom. The zero-order chi connectivity index (χ0) is 14.7. The Morgan fingerprint density at radius 1 is 1.33 bits per heavy atom. The van der Waals surface area contributed by atoms with Gasteiger partial charge in [0.15, 0.2) is 5.13 Å². The number of benzene rings is 1. The van der Waals surface area contributed by atoms with Crippen LogP contribution in [0.5, 0.6) is 0 Å². The van der Waals surface area contributed by atoms with Gasteiger partial charge >= 0.3 is 0 Å². The summed E-state index contributed by atoms with van der Waals surface area (Å²) >= 11 is 1.43. The van der Waals surface area contributed by atoms with Gasteiger partial charge in [-0.05, 0) is 5.56 Å². The number of thiazole rings is 1. The first-order chi connectivity index (χ1) is 10.2. The third kappa shape index (κ3) is 3.35. The normalized spacial score (nSPS) is 10.5. The lowest BCUT2D eigenvalue weighted by Gasteiger charge is -1.98. The van der Waals surface area contributed by atoms with Gasteiger partial charge in [0.25, 0.3) is 5.91 Å². The predicted octanol–water partition coefficient (Wildman–Crippen LogP) is 2.72. The van der Waals surface area contributed by atoms with E-state index in [0.717, 1.165) is 12.1 Å². The van der Waals surface area contributed by atoms with Crippen LogP contribution in [0.3, 0.4) is 0 Å². The molecule has 0 radical (unpaired) electrons. The summed E-state index contributed by atoms with van der Waals surface area (Å²) in [4.78, 5) is 16.4. The van der Waals surface area contributed by atoms with Crippen LogP contribution in [0.4, 0.5) is 5.13 Å². The summed E-state index contributed by atoms with van der Waals surface area (Å²) in [6.07, 6.45) is 3.97. The van der Waals surface area contributed by atoms with E-state index in [9.17, 15) is 4.79 Å². The molecule has 3 rings (SSSR count). The summed E-state index contributed by atoms with van der Waals surface area (Å²) in [5, 5.41) is 9.34. The topological polar surface area (TPSA) is 59.8 Å². The van der Waals surface area contributed by atoms with E-state index in [4.69, 9.17) is 0 Å². The van der Waals surface area contributed by atoms with E-state index in [1.54, 1.807) is 17.9 Å². The molecule has 0 spiro atoms. The molecule has 0 aliphatic rings. The van der Waals surface area contributed by atoms with Gasteiger partial charge in [-0.15, -0.1) is 11.3 Å². The van der Waals surface area contributed by atoms with Crippen molar-refractivity contribution in [2.24, 2.45) is 7.05 Å². The molecule has 2 heterocycles.